The van der Waals surface area contributed by atoms with Crippen LogP contribution in [0.25, 0.3) is 0 Å². The second-order valence-corrected chi connectivity index (χ2v) is 5.73. The molecule has 0 saturated heterocycles. The fraction of sp³-hybridized carbons (Fsp3) is 0.211. The molecule has 0 amide bonds. The summed E-state index contributed by atoms with van der Waals surface area (Å²) in [5, 5.41) is 0. The van der Waals surface area contributed by atoms with Crippen molar-refractivity contribution in [2.24, 2.45) is 0 Å². The summed E-state index contributed by atoms with van der Waals surface area (Å²) in [7, 11) is 0. The van der Waals surface area contributed by atoms with E-state index in [0.717, 1.165) is 12.3 Å². The van der Waals surface area contributed by atoms with Crippen molar-refractivity contribution >= 4 is 11.6 Å². The predicted molar refractivity (Wildman–Crippen MR) is 85.4 cm³/mol. The highest BCUT2D eigenvalue weighted by Crippen LogP contribution is 2.31. The molecule has 25 heavy (non-hydrogen) atoms. The summed E-state index contributed by atoms with van der Waals surface area (Å²) in [6.45, 7) is 1.77. The Hall–Kier alpha value is -2.76. The van der Waals surface area contributed by atoms with E-state index < -0.39 is 11.7 Å². The maximum atomic E-state index is 12.7. The molecule has 0 atom stereocenters. The largest absolute Gasteiger partial charge is 0.417 e. The third-order valence-corrected chi connectivity index (χ3v) is 4.19. The lowest BCUT2D eigenvalue weighted by atomic mass is 9.81. The predicted octanol–water partition coefficient (Wildman–Crippen LogP) is 4.43. The number of hydrogen-bond donors (Lipinski definition) is 0. The molecule has 3 nitrogen and oxygen atoms in total. The number of rotatable bonds is 3. The van der Waals surface area contributed by atoms with Gasteiger partial charge in [0, 0.05) is 40.6 Å². The second-order valence-electron chi connectivity index (χ2n) is 5.73. The summed E-state index contributed by atoms with van der Waals surface area (Å²) >= 11 is 0. The fourth-order valence-electron chi connectivity index (χ4n) is 2.92. The van der Waals surface area contributed by atoms with Gasteiger partial charge in [-0.3, -0.25) is 14.6 Å². The maximum absolute atomic E-state index is 12.7. The van der Waals surface area contributed by atoms with E-state index in [1.807, 2.05) is 0 Å². The molecule has 1 heterocycles. The summed E-state index contributed by atoms with van der Waals surface area (Å²) in [4.78, 5) is 29.2. The summed E-state index contributed by atoms with van der Waals surface area (Å²) in [5.74, 6) is -0.478. The number of pyridine rings is 1. The van der Waals surface area contributed by atoms with Gasteiger partial charge in [0.1, 0.15) is 0 Å². The zero-order chi connectivity index (χ0) is 18.2. The van der Waals surface area contributed by atoms with Crippen LogP contribution in [0, 0.1) is 0 Å². The molecule has 0 saturated carbocycles. The van der Waals surface area contributed by atoms with E-state index in [1.165, 1.54) is 6.07 Å². The van der Waals surface area contributed by atoms with Crippen LogP contribution in [0.1, 0.15) is 45.3 Å². The number of hydrogen-bond acceptors (Lipinski definition) is 3. The number of carbonyl (C=O) groups excluding carboxylic acids is 2. The normalized spacial score (nSPS) is 14.7. The van der Waals surface area contributed by atoms with Crippen molar-refractivity contribution in [1.29, 1.82) is 0 Å². The standard InChI is InChI=1S/C19H14F3NO2/c1-2-13-16(9-12-8-7-11(10-23-12)19(20,21)22)18(25)15-6-4-3-5-14(15)17(13)24/h3-8,10H,2,9H2,1H3. The molecule has 0 aliphatic heterocycles. The Morgan fingerprint density at radius 2 is 1.52 bits per heavy atom. The van der Waals surface area contributed by atoms with Gasteiger partial charge in [-0.25, -0.2) is 0 Å². The van der Waals surface area contributed by atoms with E-state index in [9.17, 15) is 22.8 Å². The van der Waals surface area contributed by atoms with E-state index in [1.54, 1.807) is 31.2 Å². The molecule has 0 fully saturated rings. The maximum Gasteiger partial charge on any atom is 0.417 e. The van der Waals surface area contributed by atoms with E-state index in [2.05, 4.69) is 4.98 Å². The van der Waals surface area contributed by atoms with Crippen LogP contribution in [0.4, 0.5) is 13.2 Å². The number of allylic oxidation sites excluding steroid dienone is 2. The molecule has 128 valence electrons. The quantitative estimate of drug-likeness (QED) is 0.827. The van der Waals surface area contributed by atoms with Crippen molar-refractivity contribution in [3.05, 3.63) is 76.1 Å². The second kappa shape index (κ2) is 6.27. The molecular weight excluding hydrogens is 331 g/mol. The van der Waals surface area contributed by atoms with Gasteiger partial charge in [-0.1, -0.05) is 31.2 Å². The molecule has 3 rings (SSSR count). The Labute approximate surface area is 142 Å². The minimum atomic E-state index is -4.46. The molecule has 0 bridgehead atoms. The smallest absolute Gasteiger partial charge is 0.289 e. The molecule has 1 aromatic carbocycles. The van der Waals surface area contributed by atoms with Crippen molar-refractivity contribution in [3.63, 3.8) is 0 Å². The third kappa shape index (κ3) is 3.12. The average Bonchev–Trinajstić information content (AvgIpc) is 2.59. The highest BCUT2D eigenvalue weighted by molar-refractivity contribution is 6.26. The zero-order valence-corrected chi connectivity index (χ0v) is 13.4. The third-order valence-electron chi connectivity index (χ3n) is 4.19. The van der Waals surface area contributed by atoms with Crippen LogP contribution in [-0.2, 0) is 12.6 Å². The molecule has 0 spiro atoms. The van der Waals surface area contributed by atoms with Crippen molar-refractivity contribution in [2.45, 2.75) is 25.9 Å². The van der Waals surface area contributed by atoms with Crippen LogP contribution in [0.15, 0.2) is 53.7 Å². The van der Waals surface area contributed by atoms with Crippen LogP contribution in [0.5, 0.6) is 0 Å². The van der Waals surface area contributed by atoms with Gasteiger partial charge in [-0.15, -0.1) is 0 Å². The minimum absolute atomic E-state index is 0.0280. The zero-order valence-electron chi connectivity index (χ0n) is 13.4. The summed E-state index contributed by atoms with van der Waals surface area (Å²) in [6.07, 6.45) is -3.32. The number of halogens is 3. The molecule has 0 radical (unpaired) electrons. The topological polar surface area (TPSA) is 47.0 Å². The highest BCUT2D eigenvalue weighted by Gasteiger charge is 2.32. The van der Waals surface area contributed by atoms with Crippen LogP contribution in [0.3, 0.4) is 0 Å². The van der Waals surface area contributed by atoms with E-state index in [4.69, 9.17) is 0 Å². The molecular formula is C19H14F3NO2. The van der Waals surface area contributed by atoms with Gasteiger partial charge < -0.3 is 0 Å². The van der Waals surface area contributed by atoms with Gasteiger partial charge in [0.15, 0.2) is 11.6 Å². The van der Waals surface area contributed by atoms with Gasteiger partial charge in [0.05, 0.1) is 5.56 Å². The fourth-order valence-corrected chi connectivity index (χ4v) is 2.92. The molecule has 6 heteroatoms. The molecule has 0 unspecified atom stereocenters. The number of benzene rings is 1. The lowest BCUT2D eigenvalue weighted by Gasteiger charge is -2.20. The SMILES string of the molecule is CCC1=C(Cc2ccc(C(F)(F)F)cn2)C(=O)c2ccccc2C1=O. The Kier molecular flexibility index (Phi) is 4.29. The van der Waals surface area contributed by atoms with Gasteiger partial charge in [0.2, 0.25) is 0 Å². The van der Waals surface area contributed by atoms with Gasteiger partial charge >= 0.3 is 6.18 Å². The van der Waals surface area contributed by atoms with Crippen LogP contribution in [-0.4, -0.2) is 16.6 Å². The van der Waals surface area contributed by atoms with E-state index in [0.29, 0.717) is 34.4 Å². The number of carbonyl (C=O) groups is 2. The monoisotopic (exact) mass is 345 g/mol. The molecule has 1 aromatic heterocycles. The van der Waals surface area contributed by atoms with Crippen molar-refractivity contribution < 1.29 is 22.8 Å². The molecule has 1 aliphatic carbocycles. The first-order chi connectivity index (χ1) is 11.8. The Bertz CT molecular complexity index is 880. The van der Waals surface area contributed by atoms with Crippen molar-refractivity contribution in [2.75, 3.05) is 0 Å². The lowest BCUT2D eigenvalue weighted by molar-refractivity contribution is -0.137. The summed E-state index contributed by atoms with van der Waals surface area (Å²) in [5.41, 5.74) is 0.857. The van der Waals surface area contributed by atoms with Crippen LogP contribution < -0.4 is 0 Å². The van der Waals surface area contributed by atoms with E-state index in [-0.39, 0.29) is 18.0 Å². The number of nitrogens with zero attached hydrogens (tertiary/aromatic N) is 1. The summed E-state index contributed by atoms with van der Waals surface area (Å²) in [6, 6.07) is 8.73. The first-order valence-corrected chi connectivity index (χ1v) is 7.75. The van der Waals surface area contributed by atoms with Crippen LogP contribution in [0.2, 0.25) is 0 Å². The highest BCUT2D eigenvalue weighted by atomic mass is 19.4. The molecule has 2 aromatic rings. The average molecular weight is 345 g/mol. The summed E-state index contributed by atoms with van der Waals surface area (Å²) < 4.78 is 37.9. The lowest BCUT2D eigenvalue weighted by Crippen LogP contribution is -2.23. The number of ketones is 2. The molecule has 0 N–H and O–H groups in total. The first-order valence-electron chi connectivity index (χ1n) is 7.75. The van der Waals surface area contributed by atoms with Gasteiger partial charge in [-0.2, -0.15) is 13.2 Å². The molecule has 1 aliphatic rings. The number of Topliss-reactive ketones (excluding diaryl/α,β-unsaturated/α-hetero) is 2. The van der Waals surface area contributed by atoms with Crippen LogP contribution >= 0.6 is 0 Å². The number of alkyl halides is 3. The first kappa shape index (κ1) is 17.1. The minimum Gasteiger partial charge on any atom is -0.289 e. The van der Waals surface area contributed by atoms with Crippen molar-refractivity contribution in [1.82, 2.24) is 4.98 Å². The number of aromatic nitrogens is 1. The van der Waals surface area contributed by atoms with E-state index >= 15 is 0 Å². The Morgan fingerprint density at radius 3 is 2.00 bits per heavy atom. The van der Waals surface area contributed by atoms with Gasteiger partial charge in [-0.05, 0) is 18.6 Å². The Morgan fingerprint density at radius 1 is 0.920 bits per heavy atom. The van der Waals surface area contributed by atoms with Crippen molar-refractivity contribution in [3.8, 4) is 0 Å². The number of fused-ring (bicyclic) bond motifs is 1. The van der Waals surface area contributed by atoms with Gasteiger partial charge in [0.25, 0.3) is 0 Å². The Balaban J connectivity index is 1.98.